The maximum atomic E-state index is 13.9. The number of rotatable bonds is 7. The Labute approximate surface area is 198 Å². The molecule has 3 aromatic carbocycles. The maximum Gasteiger partial charge on any atom is 0.264 e. The van der Waals surface area contributed by atoms with Crippen molar-refractivity contribution in [3.05, 3.63) is 95.3 Å². The van der Waals surface area contributed by atoms with Crippen LogP contribution in [0.5, 0.6) is 5.75 Å². The smallest absolute Gasteiger partial charge is 0.264 e. The predicted molar refractivity (Wildman–Crippen MR) is 130 cm³/mol. The zero-order valence-electron chi connectivity index (χ0n) is 18.9. The summed E-state index contributed by atoms with van der Waals surface area (Å²) in [6, 6.07) is 18.5. The van der Waals surface area contributed by atoms with Crippen LogP contribution in [0.15, 0.2) is 77.7 Å². The number of ether oxygens (including phenoxy) is 1. The zero-order chi connectivity index (χ0) is 24.3. The molecule has 3 aromatic rings. The van der Waals surface area contributed by atoms with Crippen molar-refractivity contribution in [1.82, 2.24) is 4.90 Å². The SMILES string of the molecule is COc1ccc(CN(C)C(=O)C=Cc2ccc(S(=O)(=O)N3CCc4ccccc43)cc2)cc1F. The molecular weight excluding hydrogens is 455 g/mol. The number of benzene rings is 3. The van der Waals surface area contributed by atoms with Crippen molar-refractivity contribution in [2.75, 3.05) is 25.0 Å². The van der Waals surface area contributed by atoms with Gasteiger partial charge in [0.15, 0.2) is 11.6 Å². The number of fused-ring (bicyclic) bond motifs is 1. The van der Waals surface area contributed by atoms with Crippen molar-refractivity contribution in [1.29, 1.82) is 0 Å². The number of para-hydroxylation sites is 1. The lowest BCUT2D eigenvalue weighted by atomic mass is 10.2. The highest BCUT2D eigenvalue weighted by atomic mass is 32.2. The van der Waals surface area contributed by atoms with Crippen LogP contribution in [0.4, 0.5) is 10.1 Å². The molecule has 0 N–H and O–H groups in total. The monoisotopic (exact) mass is 480 g/mol. The minimum absolute atomic E-state index is 0.150. The van der Waals surface area contributed by atoms with E-state index in [0.29, 0.717) is 24.1 Å². The molecule has 34 heavy (non-hydrogen) atoms. The summed E-state index contributed by atoms with van der Waals surface area (Å²) < 4.78 is 46.4. The van der Waals surface area contributed by atoms with E-state index in [4.69, 9.17) is 4.74 Å². The first-order valence-corrected chi connectivity index (χ1v) is 12.2. The molecule has 4 rings (SSSR count). The van der Waals surface area contributed by atoms with Crippen LogP contribution >= 0.6 is 0 Å². The van der Waals surface area contributed by atoms with Gasteiger partial charge in [-0.2, -0.15) is 0 Å². The Morgan fingerprint density at radius 3 is 2.56 bits per heavy atom. The van der Waals surface area contributed by atoms with Crippen molar-refractivity contribution in [3.8, 4) is 5.75 Å². The lowest BCUT2D eigenvalue weighted by molar-refractivity contribution is -0.125. The topological polar surface area (TPSA) is 66.9 Å². The summed E-state index contributed by atoms with van der Waals surface area (Å²) in [6.45, 7) is 0.654. The van der Waals surface area contributed by atoms with Gasteiger partial charge in [0, 0.05) is 26.2 Å². The van der Waals surface area contributed by atoms with Gasteiger partial charge in [0.05, 0.1) is 17.7 Å². The molecular formula is C26H25FN2O4S. The summed E-state index contributed by atoms with van der Waals surface area (Å²) in [5.74, 6) is -0.595. The molecule has 176 valence electrons. The van der Waals surface area contributed by atoms with Gasteiger partial charge in [0.1, 0.15) is 0 Å². The molecule has 0 atom stereocenters. The van der Waals surface area contributed by atoms with Crippen molar-refractivity contribution >= 4 is 27.7 Å². The molecule has 0 aromatic heterocycles. The molecule has 0 saturated carbocycles. The number of amides is 1. The molecule has 0 fully saturated rings. The number of nitrogens with zero attached hydrogens (tertiary/aromatic N) is 2. The van der Waals surface area contributed by atoms with Crippen molar-refractivity contribution < 1.29 is 22.3 Å². The Morgan fingerprint density at radius 2 is 1.85 bits per heavy atom. The first-order chi connectivity index (χ1) is 16.3. The fourth-order valence-corrected chi connectivity index (χ4v) is 5.39. The van der Waals surface area contributed by atoms with Crippen LogP contribution in [0.25, 0.3) is 6.08 Å². The number of carbonyl (C=O) groups excluding carboxylic acids is 1. The van der Waals surface area contributed by atoms with E-state index in [0.717, 1.165) is 11.3 Å². The minimum atomic E-state index is -3.66. The molecule has 1 heterocycles. The summed E-state index contributed by atoms with van der Waals surface area (Å²) in [5, 5.41) is 0. The number of methoxy groups -OCH3 is 1. The van der Waals surface area contributed by atoms with E-state index >= 15 is 0 Å². The molecule has 0 unspecified atom stereocenters. The zero-order valence-corrected chi connectivity index (χ0v) is 19.8. The van der Waals surface area contributed by atoms with E-state index in [1.54, 1.807) is 43.5 Å². The van der Waals surface area contributed by atoms with Crippen molar-refractivity contribution in [2.45, 2.75) is 17.9 Å². The second-order valence-corrected chi connectivity index (χ2v) is 9.88. The van der Waals surface area contributed by atoms with Gasteiger partial charge in [-0.3, -0.25) is 9.10 Å². The number of carbonyl (C=O) groups is 1. The molecule has 1 aliphatic heterocycles. The summed E-state index contributed by atoms with van der Waals surface area (Å²) >= 11 is 0. The second kappa shape index (κ2) is 9.69. The maximum absolute atomic E-state index is 13.9. The van der Waals surface area contributed by atoms with E-state index in [2.05, 4.69) is 0 Å². The Kier molecular flexibility index (Phi) is 6.70. The van der Waals surface area contributed by atoms with Gasteiger partial charge in [-0.25, -0.2) is 12.8 Å². The van der Waals surface area contributed by atoms with Crippen LogP contribution in [-0.4, -0.2) is 39.9 Å². The van der Waals surface area contributed by atoms with Gasteiger partial charge in [0.2, 0.25) is 5.91 Å². The Hall–Kier alpha value is -3.65. The molecule has 0 saturated heterocycles. The fraction of sp³-hybridized carbons (Fsp3) is 0.192. The largest absolute Gasteiger partial charge is 0.494 e. The average molecular weight is 481 g/mol. The Bertz CT molecular complexity index is 1340. The lowest BCUT2D eigenvalue weighted by Crippen LogP contribution is -2.29. The first-order valence-electron chi connectivity index (χ1n) is 10.8. The molecule has 1 aliphatic rings. The van der Waals surface area contributed by atoms with Gasteiger partial charge in [-0.05, 0) is 59.5 Å². The Morgan fingerprint density at radius 1 is 1.12 bits per heavy atom. The van der Waals surface area contributed by atoms with Gasteiger partial charge in [0.25, 0.3) is 10.0 Å². The van der Waals surface area contributed by atoms with Gasteiger partial charge in [-0.15, -0.1) is 0 Å². The van der Waals surface area contributed by atoms with Gasteiger partial charge < -0.3 is 9.64 Å². The molecule has 0 radical (unpaired) electrons. The Balaban J connectivity index is 1.41. The third-order valence-corrected chi connectivity index (χ3v) is 7.57. The summed E-state index contributed by atoms with van der Waals surface area (Å²) in [6.07, 6.45) is 3.71. The van der Waals surface area contributed by atoms with Crippen molar-refractivity contribution in [2.24, 2.45) is 0 Å². The van der Waals surface area contributed by atoms with Crippen LogP contribution < -0.4 is 9.04 Å². The standard InChI is InChI=1S/C26H25FN2O4S/c1-28(18-20-9-13-25(33-2)23(27)17-20)26(30)14-10-19-7-11-22(12-8-19)34(31,32)29-16-15-21-5-3-4-6-24(21)29/h3-14,17H,15-16,18H2,1-2H3. The normalized spacial score (nSPS) is 13.2. The number of anilines is 1. The molecule has 1 amide bonds. The minimum Gasteiger partial charge on any atom is -0.494 e. The average Bonchev–Trinajstić information content (AvgIpc) is 3.28. The van der Waals surface area contributed by atoms with E-state index in [9.17, 15) is 17.6 Å². The number of sulfonamides is 1. The summed E-state index contributed by atoms with van der Waals surface area (Å²) in [7, 11) is -0.644. The first kappa shape index (κ1) is 23.5. The van der Waals surface area contributed by atoms with Crippen LogP contribution in [0.2, 0.25) is 0 Å². The molecule has 6 nitrogen and oxygen atoms in total. The van der Waals surface area contributed by atoms with Crippen molar-refractivity contribution in [3.63, 3.8) is 0 Å². The van der Waals surface area contributed by atoms with E-state index in [1.807, 2.05) is 24.3 Å². The highest BCUT2D eigenvalue weighted by Gasteiger charge is 2.30. The lowest BCUT2D eigenvalue weighted by Gasteiger charge is -2.19. The van der Waals surface area contributed by atoms with Crippen LogP contribution in [0, 0.1) is 5.82 Å². The number of hydrogen-bond acceptors (Lipinski definition) is 4. The highest BCUT2D eigenvalue weighted by molar-refractivity contribution is 7.92. The molecule has 0 bridgehead atoms. The van der Waals surface area contributed by atoms with Crippen LogP contribution in [-0.2, 0) is 27.8 Å². The van der Waals surface area contributed by atoms with Crippen LogP contribution in [0.3, 0.4) is 0 Å². The number of halogens is 1. The van der Waals surface area contributed by atoms with Crippen LogP contribution in [0.1, 0.15) is 16.7 Å². The third-order valence-electron chi connectivity index (χ3n) is 5.74. The quantitative estimate of drug-likeness (QED) is 0.474. The fourth-order valence-electron chi connectivity index (χ4n) is 3.89. The van der Waals surface area contributed by atoms with E-state index in [-0.39, 0.29) is 23.1 Å². The van der Waals surface area contributed by atoms with Gasteiger partial charge >= 0.3 is 0 Å². The van der Waals surface area contributed by atoms with E-state index < -0.39 is 15.8 Å². The van der Waals surface area contributed by atoms with Gasteiger partial charge in [-0.1, -0.05) is 36.4 Å². The molecule has 8 heteroatoms. The molecule has 0 aliphatic carbocycles. The van der Waals surface area contributed by atoms with E-state index in [1.165, 1.54) is 34.5 Å². The highest BCUT2D eigenvalue weighted by Crippen LogP contribution is 2.32. The summed E-state index contributed by atoms with van der Waals surface area (Å²) in [4.78, 5) is 14.1. The predicted octanol–water partition coefficient (Wildman–Crippen LogP) is 4.26. The second-order valence-electron chi connectivity index (χ2n) is 8.02. The summed E-state index contributed by atoms with van der Waals surface area (Å²) in [5.41, 5.74) is 3.07. The number of likely N-dealkylation sites (N-methyl/N-ethyl adjacent to an activating group) is 1. The molecule has 0 spiro atoms. The third kappa shape index (κ3) is 4.82. The number of hydrogen-bond donors (Lipinski definition) is 0.